The second-order valence-corrected chi connectivity index (χ2v) is 7.61. The van der Waals surface area contributed by atoms with E-state index in [0.717, 1.165) is 11.1 Å². The largest absolute Gasteiger partial charge is 0.427 e. The molecule has 0 heterocycles. The first-order chi connectivity index (χ1) is 16.2. The average molecular weight is 437 g/mol. The average Bonchev–Trinajstić information content (AvgIpc) is 2.86. The molecule has 0 aliphatic rings. The lowest BCUT2D eigenvalue weighted by molar-refractivity contribution is -0.134. The van der Waals surface area contributed by atoms with Gasteiger partial charge < -0.3 is 9.47 Å². The van der Waals surface area contributed by atoms with Crippen LogP contribution in [-0.2, 0) is 4.79 Å². The number of esters is 2. The quantitative estimate of drug-likeness (QED) is 0.236. The Hall–Kier alpha value is -4.18. The van der Waals surface area contributed by atoms with E-state index in [1.165, 1.54) is 0 Å². The number of ether oxygens (including phenoxy) is 2. The molecule has 4 rings (SSSR count). The smallest absolute Gasteiger partial charge is 0.343 e. The molecular formula is C29H24O4. The summed E-state index contributed by atoms with van der Waals surface area (Å²) in [5, 5.41) is 0. The molecule has 4 heteroatoms. The molecule has 0 aromatic heterocycles. The third-order valence-electron chi connectivity index (χ3n) is 5.32. The Morgan fingerprint density at radius 1 is 0.576 bits per heavy atom. The van der Waals surface area contributed by atoms with Crippen molar-refractivity contribution in [3.63, 3.8) is 0 Å². The zero-order chi connectivity index (χ0) is 22.9. The highest BCUT2D eigenvalue weighted by Gasteiger charge is 2.18. The lowest BCUT2D eigenvalue weighted by Gasteiger charge is -2.18. The van der Waals surface area contributed by atoms with Crippen LogP contribution in [0.3, 0.4) is 0 Å². The minimum absolute atomic E-state index is 0.00582. The van der Waals surface area contributed by atoms with E-state index in [1.54, 1.807) is 36.4 Å². The van der Waals surface area contributed by atoms with Crippen LogP contribution in [-0.4, -0.2) is 11.9 Å². The van der Waals surface area contributed by atoms with Crippen molar-refractivity contribution in [1.82, 2.24) is 0 Å². The molecular weight excluding hydrogens is 412 g/mol. The first kappa shape index (κ1) is 22.0. The fraction of sp³-hybridized carbons (Fsp3) is 0.103. The van der Waals surface area contributed by atoms with Gasteiger partial charge in [-0.25, -0.2) is 4.79 Å². The molecule has 4 aromatic carbocycles. The summed E-state index contributed by atoms with van der Waals surface area (Å²) < 4.78 is 10.9. The van der Waals surface area contributed by atoms with Crippen molar-refractivity contribution in [1.29, 1.82) is 0 Å². The first-order valence-electron chi connectivity index (χ1n) is 10.9. The molecule has 0 fully saturated rings. The zero-order valence-corrected chi connectivity index (χ0v) is 18.1. The molecule has 0 N–H and O–H groups in total. The molecule has 4 aromatic rings. The van der Waals surface area contributed by atoms with Crippen LogP contribution in [0.1, 0.15) is 40.2 Å². The minimum atomic E-state index is -0.407. The summed E-state index contributed by atoms with van der Waals surface area (Å²) in [6.45, 7) is 0. The number of carbonyl (C=O) groups is 2. The molecule has 0 radical (unpaired) electrons. The first-order valence-corrected chi connectivity index (χ1v) is 10.9. The molecule has 164 valence electrons. The highest BCUT2D eigenvalue weighted by molar-refractivity contribution is 5.91. The Morgan fingerprint density at radius 3 is 1.64 bits per heavy atom. The second-order valence-electron chi connectivity index (χ2n) is 7.61. The molecule has 33 heavy (non-hydrogen) atoms. The number of benzene rings is 4. The van der Waals surface area contributed by atoms with Gasteiger partial charge in [0.2, 0.25) is 0 Å². The summed E-state index contributed by atoms with van der Waals surface area (Å²) in [5.74, 6) is 0.361. The third-order valence-corrected chi connectivity index (χ3v) is 5.32. The number of para-hydroxylation sites is 2. The topological polar surface area (TPSA) is 52.6 Å². The molecule has 0 aliphatic carbocycles. The number of hydrogen-bond acceptors (Lipinski definition) is 4. The van der Waals surface area contributed by atoms with Crippen LogP contribution >= 0.6 is 0 Å². The number of rotatable bonds is 8. The normalized spacial score (nSPS) is 11.4. The summed E-state index contributed by atoms with van der Waals surface area (Å²) >= 11 is 0. The molecule has 0 bridgehead atoms. The van der Waals surface area contributed by atoms with Crippen molar-refractivity contribution >= 4 is 11.9 Å². The lowest BCUT2D eigenvalue weighted by atomic mass is 9.87. The van der Waals surface area contributed by atoms with Crippen molar-refractivity contribution in [2.45, 2.75) is 18.8 Å². The Labute approximate surface area is 193 Å². The molecule has 0 spiro atoms. The van der Waals surface area contributed by atoms with Gasteiger partial charge in [0, 0.05) is 12.3 Å². The van der Waals surface area contributed by atoms with E-state index in [9.17, 15) is 9.59 Å². The van der Waals surface area contributed by atoms with Crippen LogP contribution in [0.5, 0.6) is 11.5 Å². The number of hydrogen-bond donors (Lipinski definition) is 0. The summed E-state index contributed by atoms with van der Waals surface area (Å²) in [6.07, 6.45) is 0.857. The molecule has 0 aliphatic heterocycles. The molecule has 0 saturated carbocycles. The van der Waals surface area contributed by atoms with Gasteiger partial charge in [-0.1, -0.05) is 78.9 Å². The predicted molar refractivity (Wildman–Crippen MR) is 127 cm³/mol. The van der Waals surface area contributed by atoms with Gasteiger partial charge in [-0.15, -0.1) is 0 Å². The standard InChI is InChI=1S/C29H24O4/c30-28(32-25-12-6-2-7-13-25)21-20-27(22-10-4-1-5-11-22)23-16-18-24(19-17-23)29(31)33-26-14-8-3-9-15-26/h1-19,27H,20-21H2. The van der Waals surface area contributed by atoms with Crippen molar-refractivity contribution in [2.24, 2.45) is 0 Å². The zero-order valence-electron chi connectivity index (χ0n) is 18.1. The van der Waals surface area contributed by atoms with Gasteiger partial charge in [0.1, 0.15) is 11.5 Å². The van der Waals surface area contributed by atoms with Crippen LogP contribution in [0.2, 0.25) is 0 Å². The van der Waals surface area contributed by atoms with Gasteiger partial charge in [-0.3, -0.25) is 4.79 Å². The SMILES string of the molecule is O=C(CCC(c1ccccc1)c1ccc(C(=O)Oc2ccccc2)cc1)Oc1ccccc1. The summed E-state index contributed by atoms with van der Waals surface area (Å²) in [5.41, 5.74) is 2.59. The van der Waals surface area contributed by atoms with Gasteiger partial charge in [0.05, 0.1) is 5.56 Å². The maximum atomic E-state index is 12.5. The third kappa shape index (κ3) is 6.17. The van der Waals surface area contributed by atoms with Crippen LogP contribution < -0.4 is 9.47 Å². The van der Waals surface area contributed by atoms with E-state index in [2.05, 4.69) is 0 Å². The Kier molecular flexibility index (Phi) is 7.29. The number of carbonyl (C=O) groups excluding carboxylic acids is 2. The minimum Gasteiger partial charge on any atom is -0.427 e. The Bertz CT molecular complexity index is 1170. The maximum absolute atomic E-state index is 12.5. The van der Waals surface area contributed by atoms with Gasteiger partial charge >= 0.3 is 11.9 Å². The van der Waals surface area contributed by atoms with Gasteiger partial charge in [0.25, 0.3) is 0 Å². The molecule has 0 amide bonds. The second kappa shape index (κ2) is 10.9. The van der Waals surface area contributed by atoms with Crippen molar-refractivity contribution < 1.29 is 19.1 Å². The Balaban J connectivity index is 1.46. The highest BCUT2D eigenvalue weighted by Crippen LogP contribution is 2.30. The molecule has 4 nitrogen and oxygen atoms in total. The van der Waals surface area contributed by atoms with E-state index in [1.807, 2.05) is 78.9 Å². The van der Waals surface area contributed by atoms with Crippen LogP contribution in [0.25, 0.3) is 0 Å². The van der Waals surface area contributed by atoms with Gasteiger partial charge in [-0.05, 0) is 53.9 Å². The molecule has 0 saturated heterocycles. The van der Waals surface area contributed by atoms with Crippen LogP contribution in [0, 0.1) is 0 Å². The summed E-state index contributed by atoms with van der Waals surface area (Å²) in [4.78, 5) is 24.9. The fourth-order valence-electron chi connectivity index (χ4n) is 3.65. The molecule has 1 unspecified atom stereocenters. The molecule has 1 atom stereocenters. The van der Waals surface area contributed by atoms with E-state index >= 15 is 0 Å². The predicted octanol–water partition coefficient (Wildman–Crippen LogP) is 6.42. The Morgan fingerprint density at radius 2 is 1.06 bits per heavy atom. The van der Waals surface area contributed by atoms with E-state index < -0.39 is 5.97 Å². The van der Waals surface area contributed by atoms with Crippen molar-refractivity contribution in [3.8, 4) is 11.5 Å². The van der Waals surface area contributed by atoms with Crippen LogP contribution in [0.15, 0.2) is 115 Å². The summed E-state index contributed by atoms with van der Waals surface area (Å²) in [6, 6.07) is 35.4. The van der Waals surface area contributed by atoms with Crippen molar-refractivity contribution in [2.75, 3.05) is 0 Å². The monoisotopic (exact) mass is 436 g/mol. The van der Waals surface area contributed by atoms with Gasteiger partial charge in [0.15, 0.2) is 0 Å². The van der Waals surface area contributed by atoms with Crippen molar-refractivity contribution in [3.05, 3.63) is 132 Å². The maximum Gasteiger partial charge on any atom is 0.343 e. The summed E-state index contributed by atoms with van der Waals surface area (Å²) in [7, 11) is 0. The lowest BCUT2D eigenvalue weighted by Crippen LogP contribution is -2.12. The van der Waals surface area contributed by atoms with E-state index in [-0.39, 0.29) is 18.3 Å². The van der Waals surface area contributed by atoms with Gasteiger partial charge in [-0.2, -0.15) is 0 Å². The highest BCUT2D eigenvalue weighted by atomic mass is 16.5. The van der Waals surface area contributed by atoms with Crippen LogP contribution in [0.4, 0.5) is 0 Å². The van der Waals surface area contributed by atoms with E-state index in [4.69, 9.17) is 9.47 Å². The van der Waals surface area contributed by atoms with E-state index in [0.29, 0.717) is 23.5 Å². The fourth-order valence-corrected chi connectivity index (χ4v) is 3.65.